The molecule has 37 heavy (non-hydrogen) atoms. The number of H-pyrrole nitrogens is 1. The van der Waals surface area contributed by atoms with E-state index >= 15 is 0 Å². The Bertz CT molecular complexity index is 1240. The van der Waals surface area contributed by atoms with Gasteiger partial charge in [-0.15, -0.1) is 6.58 Å². The van der Waals surface area contributed by atoms with Crippen molar-refractivity contribution < 1.29 is 39.4 Å². The van der Waals surface area contributed by atoms with Crippen LogP contribution in [-0.2, 0) is 19.0 Å². The zero-order valence-electron chi connectivity index (χ0n) is 20.4. The molecule has 5 heterocycles. The van der Waals surface area contributed by atoms with Gasteiger partial charge in [0.05, 0.1) is 24.5 Å². The van der Waals surface area contributed by atoms with Crippen molar-refractivity contribution in [2.75, 3.05) is 13.2 Å². The Labute approximate surface area is 213 Å². The van der Waals surface area contributed by atoms with Gasteiger partial charge in [-0.3, -0.25) is 4.79 Å². The molecule has 4 aliphatic rings. The predicted molar refractivity (Wildman–Crippen MR) is 131 cm³/mol. The quantitative estimate of drug-likeness (QED) is 0.382. The molecule has 0 radical (unpaired) electrons. The summed E-state index contributed by atoms with van der Waals surface area (Å²) in [5, 5.41) is 41.3. The zero-order chi connectivity index (χ0) is 26.0. The van der Waals surface area contributed by atoms with E-state index in [0.717, 1.165) is 11.2 Å². The minimum absolute atomic E-state index is 0.0875. The summed E-state index contributed by atoms with van der Waals surface area (Å²) in [4.78, 5) is 19.1. The first kappa shape index (κ1) is 24.6. The first-order valence-electron chi connectivity index (χ1n) is 12.7. The number of aliphatic hydroxyl groups is 4. The molecular formula is C27H32N2O8. The molecule has 2 fully saturated rings. The van der Waals surface area contributed by atoms with E-state index in [1.165, 1.54) is 17.2 Å². The third-order valence-electron chi connectivity index (χ3n) is 8.33. The number of amides is 1. The second-order valence-electron chi connectivity index (χ2n) is 10.4. The van der Waals surface area contributed by atoms with Crippen LogP contribution < -0.4 is 0 Å². The topological polar surface area (TPSA) is 145 Å². The highest BCUT2D eigenvalue weighted by Gasteiger charge is 2.51. The lowest BCUT2D eigenvalue weighted by molar-refractivity contribution is -0.339. The third-order valence-corrected chi connectivity index (χ3v) is 8.33. The molecule has 10 heteroatoms. The first-order chi connectivity index (χ1) is 17.8. The molecular weight excluding hydrogens is 480 g/mol. The van der Waals surface area contributed by atoms with E-state index in [4.69, 9.17) is 14.2 Å². The number of aromatic amines is 1. The van der Waals surface area contributed by atoms with Gasteiger partial charge >= 0.3 is 0 Å². The van der Waals surface area contributed by atoms with Gasteiger partial charge in [-0.05, 0) is 18.1 Å². The van der Waals surface area contributed by atoms with Gasteiger partial charge in [0.15, 0.2) is 6.29 Å². The Morgan fingerprint density at radius 3 is 2.73 bits per heavy atom. The molecule has 4 aliphatic heterocycles. The largest absolute Gasteiger partial charge is 0.471 e. The standard InChI is InChI=1S/C27H32N2O8/c1-3-13-15-8-18-21-20(14-6-4-5-7-17(14)28-21)12(2)9-29(18)25(34)16(15)11-35-26(13)37-27-24(33)23(32)22(31)19(10-30)36-27/h3-7,11-13,15,18-19,22-24,26-28,30-33H,1,8-10H2,2H3/t12-,13+,15-,18+,19?,22?,23?,24?,26-,27?/m0/s1. The monoisotopic (exact) mass is 512 g/mol. The molecule has 0 spiro atoms. The third kappa shape index (κ3) is 3.74. The molecule has 1 amide bonds. The van der Waals surface area contributed by atoms with Gasteiger partial charge in [0.1, 0.15) is 24.4 Å². The van der Waals surface area contributed by atoms with Crippen LogP contribution in [0.4, 0.5) is 0 Å². The number of ether oxygens (including phenoxy) is 3. The number of para-hydroxylation sites is 1. The van der Waals surface area contributed by atoms with Crippen LogP contribution >= 0.6 is 0 Å². The maximum Gasteiger partial charge on any atom is 0.253 e. The van der Waals surface area contributed by atoms with E-state index < -0.39 is 49.5 Å². The molecule has 2 saturated heterocycles. The Kier molecular flexibility index (Phi) is 6.14. The molecule has 6 rings (SSSR count). The molecule has 198 valence electrons. The molecule has 1 aromatic carbocycles. The van der Waals surface area contributed by atoms with Crippen LogP contribution in [0.1, 0.15) is 36.6 Å². The average Bonchev–Trinajstić information content (AvgIpc) is 3.30. The van der Waals surface area contributed by atoms with Crippen molar-refractivity contribution in [3.05, 3.63) is 60.0 Å². The van der Waals surface area contributed by atoms with Gasteiger partial charge < -0.3 is 44.5 Å². The van der Waals surface area contributed by atoms with Gasteiger partial charge in [0.25, 0.3) is 5.91 Å². The smallest absolute Gasteiger partial charge is 0.253 e. The fourth-order valence-corrected chi connectivity index (χ4v) is 6.44. The number of carbonyl (C=O) groups is 1. The van der Waals surface area contributed by atoms with Gasteiger partial charge in [0.2, 0.25) is 6.29 Å². The van der Waals surface area contributed by atoms with Crippen molar-refractivity contribution in [2.45, 2.75) is 62.3 Å². The van der Waals surface area contributed by atoms with Crippen LogP contribution in [-0.4, -0.2) is 86.4 Å². The second-order valence-corrected chi connectivity index (χ2v) is 10.4. The minimum Gasteiger partial charge on any atom is -0.471 e. The fraction of sp³-hybridized carbons (Fsp3) is 0.519. The molecule has 10 nitrogen and oxygen atoms in total. The number of piperidine rings is 1. The van der Waals surface area contributed by atoms with E-state index in [9.17, 15) is 25.2 Å². The second kappa shape index (κ2) is 9.23. The van der Waals surface area contributed by atoms with E-state index in [2.05, 4.69) is 24.6 Å². The van der Waals surface area contributed by atoms with Crippen molar-refractivity contribution in [2.24, 2.45) is 11.8 Å². The number of hydrogen-bond donors (Lipinski definition) is 5. The average molecular weight is 513 g/mol. The number of fused-ring (bicyclic) bond motifs is 6. The van der Waals surface area contributed by atoms with Crippen molar-refractivity contribution in [3.8, 4) is 0 Å². The zero-order valence-corrected chi connectivity index (χ0v) is 20.4. The molecule has 0 aliphatic carbocycles. The summed E-state index contributed by atoms with van der Waals surface area (Å²) >= 11 is 0. The van der Waals surface area contributed by atoms with Crippen LogP contribution in [0.3, 0.4) is 0 Å². The first-order valence-corrected chi connectivity index (χ1v) is 12.7. The van der Waals surface area contributed by atoms with Gasteiger partial charge in [-0.1, -0.05) is 31.2 Å². The van der Waals surface area contributed by atoms with E-state index in [1.54, 1.807) is 6.08 Å². The highest BCUT2D eigenvalue weighted by molar-refractivity contribution is 5.96. The maximum absolute atomic E-state index is 13.7. The summed E-state index contributed by atoms with van der Waals surface area (Å²) in [6.45, 7) is 6.14. The number of nitrogens with zero attached hydrogens (tertiary/aromatic N) is 1. The van der Waals surface area contributed by atoms with Crippen molar-refractivity contribution in [1.82, 2.24) is 9.88 Å². The Morgan fingerprint density at radius 2 is 1.97 bits per heavy atom. The number of aliphatic hydroxyl groups excluding tert-OH is 4. The summed E-state index contributed by atoms with van der Waals surface area (Å²) in [6, 6.07) is 8.02. The van der Waals surface area contributed by atoms with Crippen LogP contribution in [0.5, 0.6) is 0 Å². The Morgan fingerprint density at radius 1 is 1.19 bits per heavy atom. The van der Waals surface area contributed by atoms with Crippen LogP contribution in [0.25, 0.3) is 10.9 Å². The lowest BCUT2D eigenvalue weighted by atomic mass is 9.73. The van der Waals surface area contributed by atoms with Crippen molar-refractivity contribution in [1.29, 1.82) is 0 Å². The summed E-state index contributed by atoms with van der Waals surface area (Å²) in [6.07, 6.45) is -4.32. The lowest BCUT2D eigenvalue weighted by Crippen LogP contribution is -2.60. The Hall–Kier alpha value is -2.73. The highest BCUT2D eigenvalue weighted by atomic mass is 16.8. The lowest BCUT2D eigenvalue weighted by Gasteiger charge is -2.49. The molecule has 1 aromatic heterocycles. The molecule has 0 bridgehead atoms. The van der Waals surface area contributed by atoms with E-state index in [0.29, 0.717) is 18.5 Å². The van der Waals surface area contributed by atoms with E-state index in [-0.39, 0.29) is 23.8 Å². The summed E-state index contributed by atoms with van der Waals surface area (Å²) in [5.41, 5.74) is 3.88. The molecule has 5 N–H and O–H groups in total. The number of rotatable bonds is 4. The number of benzene rings is 1. The molecule has 2 aromatic rings. The minimum atomic E-state index is -1.57. The molecule has 0 saturated carbocycles. The SMILES string of the molecule is C=C[C@H]1[C@H](OC2OC(CO)C(O)C(O)C2O)OC=C2C(=O)N3C[C@H](C)c4c([nH]c5ccccc45)[C@H]3C[C@H]21. The van der Waals surface area contributed by atoms with Crippen LogP contribution in [0.2, 0.25) is 0 Å². The summed E-state index contributed by atoms with van der Waals surface area (Å²) < 4.78 is 17.3. The summed E-state index contributed by atoms with van der Waals surface area (Å²) in [5.74, 6) is -0.630. The number of hydrogen-bond acceptors (Lipinski definition) is 8. The number of carbonyl (C=O) groups excluding carboxylic acids is 1. The van der Waals surface area contributed by atoms with Crippen molar-refractivity contribution >= 4 is 16.8 Å². The normalized spacial score (nSPS) is 39.3. The number of nitrogens with one attached hydrogen (secondary N) is 1. The van der Waals surface area contributed by atoms with Gasteiger partial charge in [0, 0.05) is 40.9 Å². The summed E-state index contributed by atoms with van der Waals surface area (Å²) in [7, 11) is 0. The highest BCUT2D eigenvalue weighted by Crippen LogP contribution is 2.50. The van der Waals surface area contributed by atoms with E-state index in [1.807, 2.05) is 23.1 Å². The maximum atomic E-state index is 13.7. The van der Waals surface area contributed by atoms with Crippen LogP contribution in [0.15, 0.2) is 48.8 Å². The van der Waals surface area contributed by atoms with Gasteiger partial charge in [-0.25, -0.2) is 0 Å². The van der Waals surface area contributed by atoms with Crippen molar-refractivity contribution in [3.63, 3.8) is 0 Å². The number of aromatic nitrogens is 1. The van der Waals surface area contributed by atoms with Gasteiger partial charge in [-0.2, -0.15) is 0 Å². The Balaban J connectivity index is 1.30. The fourth-order valence-electron chi connectivity index (χ4n) is 6.44. The molecule has 5 unspecified atom stereocenters. The van der Waals surface area contributed by atoms with Crippen LogP contribution in [0, 0.1) is 11.8 Å². The predicted octanol–water partition coefficient (Wildman–Crippen LogP) is 1.03. The molecule has 10 atom stereocenters.